The second-order valence-electron chi connectivity index (χ2n) is 8.38. The lowest BCUT2D eigenvalue weighted by atomic mass is 9.90. The molecule has 1 saturated carbocycles. The van der Waals surface area contributed by atoms with Crippen molar-refractivity contribution in [2.24, 2.45) is 5.41 Å². The largest absolute Gasteiger partial charge is 0.491 e. The topological polar surface area (TPSA) is 106 Å². The molecule has 1 aromatic rings. The average Bonchev–Trinajstić information content (AvgIpc) is 2.66. The molecule has 0 spiro atoms. The first-order valence-electron chi connectivity index (χ1n) is 10.3. The van der Waals surface area contributed by atoms with E-state index in [1.165, 1.54) is 6.42 Å². The molecule has 7 heteroatoms. The first-order valence-corrected chi connectivity index (χ1v) is 10.3. The number of hydrogen-bond donors (Lipinski definition) is 5. The van der Waals surface area contributed by atoms with E-state index < -0.39 is 0 Å². The number of aliphatic hydroxyl groups excluding tert-OH is 1. The van der Waals surface area contributed by atoms with Gasteiger partial charge in [0.2, 0.25) is 0 Å². The lowest BCUT2D eigenvalue weighted by Crippen LogP contribution is -2.43. The molecule has 0 aliphatic heterocycles. The molecule has 0 radical (unpaired) electrons. The Hall–Kier alpha value is -2.54. The summed E-state index contributed by atoms with van der Waals surface area (Å²) in [6, 6.07) is 7.17. The van der Waals surface area contributed by atoms with Gasteiger partial charge in [-0.05, 0) is 25.0 Å². The molecule has 0 heterocycles. The number of allylic oxidation sites excluding steroid dienone is 1. The van der Waals surface area contributed by atoms with Gasteiger partial charge in [-0.2, -0.15) is 0 Å². The smallest absolute Gasteiger partial charge is 0.320 e. The number of hydrogen-bond acceptors (Lipinski definition) is 5. The van der Waals surface area contributed by atoms with Crippen molar-refractivity contribution in [3.05, 3.63) is 36.2 Å². The molecule has 0 atom stereocenters. The number of rotatable bonds is 8. The van der Waals surface area contributed by atoms with Gasteiger partial charge in [-0.3, -0.25) is 5.32 Å². The summed E-state index contributed by atoms with van der Waals surface area (Å²) in [5, 5.41) is 26.3. The summed E-state index contributed by atoms with van der Waals surface area (Å²) in [4.78, 5) is 12.5. The summed E-state index contributed by atoms with van der Waals surface area (Å²) in [6.07, 6.45) is 7.15. The molecule has 1 aliphatic carbocycles. The Labute approximate surface area is 173 Å². The fourth-order valence-electron chi connectivity index (χ4n) is 3.04. The van der Waals surface area contributed by atoms with Gasteiger partial charge in [0.15, 0.2) is 0 Å². The van der Waals surface area contributed by atoms with Gasteiger partial charge in [0.1, 0.15) is 18.2 Å². The lowest BCUT2D eigenvalue weighted by Gasteiger charge is -2.24. The van der Waals surface area contributed by atoms with Crippen molar-refractivity contribution >= 4 is 17.4 Å². The normalized spacial score (nSPS) is 15.5. The standard InChI is InChI=1S/C22H34N4O3/c1-22(2,3)19(23)15-20(26-21(28)25-16-8-5-4-6-9-16)24-17-10-7-11-18(14-17)29-13-12-27/h7,10-11,14-16,23-24,27H,4-6,8-9,12-13H2,1-3H3,(H2,25,26,28)/b20-15+,23-19?. The van der Waals surface area contributed by atoms with Crippen LogP contribution >= 0.6 is 0 Å². The van der Waals surface area contributed by atoms with Crippen LogP contribution in [-0.4, -0.2) is 36.1 Å². The minimum Gasteiger partial charge on any atom is -0.491 e. The van der Waals surface area contributed by atoms with E-state index in [1.807, 2.05) is 32.9 Å². The predicted octanol–water partition coefficient (Wildman–Crippen LogP) is 4.01. The van der Waals surface area contributed by atoms with Crippen LogP contribution in [0.1, 0.15) is 52.9 Å². The first-order chi connectivity index (χ1) is 13.8. The zero-order chi connectivity index (χ0) is 21.3. The van der Waals surface area contributed by atoms with Crippen LogP contribution in [0.15, 0.2) is 36.2 Å². The molecular formula is C22H34N4O3. The Bertz CT molecular complexity index is 719. The van der Waals surface area contributed by atoms with E-state index in [1.54, 1.807) is 18.2 Å². The van der Waals surface area contributed by atoms with Crippen LogP contribution in [0.5, 0.6) is 5.75 Å². The van der Waals surface area contributed by atoms with E-state index >= 15 is 0 Å². The molecule has 160 valence electrons. The van der Waals surface area contributed by atoms with Crippen molar-refractivity contribution in [1.82, 2.24) is 10.6 Å². The van der Waals surface area contributed by atoms with Gasteiger partial charge in [0.05, 0.1) is 6.61 Å². The number of anilines is 1. The number of benzene rings is 1. The van der Waals surface area contributed by atoms with Gasteiger partial charge in [-0.25, -0.2) is 4.79 Å². The van der Waals surface area contributed by atoms with Crippen LogP contribution in [0, 0.1) is 10.8 Å². The number of urea groups is 1. The number of aliphatic hydroxyl groups is 1. The van der Waals surface area contributed by atoms with Crippen molar-refractivity contribution in [3.8, 4) is 5.75 Å². The molecule has 5 N–H and O–H groups in total. The minimum absolute atomic E-state index is 0.0611. The van der Waals surface area contributed by atoms with Crippen molar-refractivity contribution < 1.29 is 14.6 Å². The monoisotopic (exact) mass is 402 g/mol. The van der Waals surface area contributed by atoms with Gasteiger partial charge < -0.3 is 25.9 Å². The quantitative estimate of drug-likeness (QED) is 0.424. The van der Waals surface area contributed by atoms with E-state index in [2.05, 4.69) is 16.0 Å². The van der Waals surface area contributed by atoms with Gasteiger partial charge in [-0.1, -0.05) is 46.1 Å². The SMILES string of the molecule is CC(C)(C)C(=N)/C=C(/NC(=O)NC1CCCCC1)Nc1cccc(OCCO)c1. The van der Waals surface area contributed by atoms with Crippen molar-refractivity contribution in [2.75, 3.05) is 18.5 Å². The Morgan fingerprint density at radius 3 is 2.66 bits per heavy atom. The van der Waals surface area contributed by atoms with Crippen LogP contribution in [0.25, 0.3) is 0 Å². The van der Waals surface area contributed by atoms with E-state index in [-0.39, 0.29) is 30.7 Å². The maximum absolute atomic E-state index is 12.5. The summed E-state index contributed by atoms with van der Waals surface area (Å²) < 4.78 is 5.44. The average molecular weight is 403 g/mol. The highest BCUT2D eigenvalue weighted by molar-refractivity contribution is 5.97. The molecule has 2 rings (SSSR count). The van der Waals surface area contributed by atoms with Gasteiger partial charge >= 0.3 is 6.03 Å². The Kier molecular flexibility index (Phi) is 8.51. The minimum atomic E-state index is -0.347. The number of amides is 2. The summed E-state index contributed by atoms with van der Waals surface area (Å²) in [5.41, 5.74) is 0.762. The maximum Gasteiger partial charge on any atom is 0.320 e. The van der Waals surface area contributed by atoms with Gasteiger partial charge in [0, 0.05) is 35.0 Å². The molecule has 7 nitrogen and oxygen atoms in total. The number of carbonyl (C=O) groups excluding carboxylic acids is 1. The summed E-state index contributed by atoms with van der Waals surface area (Å²) in [5.74, 6) is 1.04. The second kappa shape index (κ2) is 10.9. The highest BCUT2D eigenvalue weighted by Crippen LogP contribution is 2.21. The molecule has 0 unspecified atom stereocenters. The molecule has 1 aliphatic rings. The van der Waals surface area contributed by atoms with Crippen molar-refractivity contribution in [1.29, 1.82) is 5.41 Å². The fraction of sp³-hybridized carbons (Fsp3) is 0.545. The predicted molar refractivity (Wildman–Crippen MR) is 116 cm³/mol. The van der Waals surface area contributed by atoms with Crippen LogP contribution in [0.4, 0.5) is 10.5 Å². The Balaban J connectivity index is 2.11. The van der Waals surface area contributed by atoms with E-state index in [9.17, 15) is 4.79 Å². The van der Waals surface area contributed by atoms with E-state index in [4.69, 9.17) is 15.3 Å². The van der Waals surface area contributed by atoms with Crippen molar-refractivity contribution in [2.45, 2.75) is 58.9 Å². The summed E-state index contributed by atoms with van der Waals surface area (Å²) >= 11 is 0. The van der Waals surface area contributed by atoms with Crippen LogP contribution in [-0.2, 0) is 0 Å². The third-order valence-corrected chi connectivity index (χ3v) is 4.76. The molecule has 29 heavy (non-hydrogen) atoms. The lowest BCUT2D eigenvalue weighted by molar-refractivity contribution is 0.201. The molecule has 0 bridgehead atoms. The molecule has 2 amide bonds. The molecule has 1 aromatic carbocycles. The van der Waals surface area contributed by atoms with E-state index in [0.29, 0.717) is 23.0 Å². The number of carbonyl (C=O) groups is 1. The second-order valence-corrected chi connectivity index (χ2v) is 8.38. The number of ether oxygens (including phenoxy) is 1. The third kappa shape index (κ3) is 8.15. The summed E-state index contributed by atoms with van der Waals surface area (Å²) in [7, 11) is 0. The summed E-state index contributed by atoms with van der Waals surface area (Å²) in [6.45, 7) is 6.01. The highest BCUT2D eigenvalue weighted by atomic mass is 16.5. The first kappa shape index (κ1) is 22.7. The number of nitrogens with one attached hydrogen (secondary N) is 4. The highest BCUT2D eigenvalue weighted by Gasteiger charge is 2.19. The maximum atomic E-state index is 12.5. The van der Waals surface area contributed by atoms with Crippen LogP contribution < -0.4 is 20.7 Å². The van der Waals surface area contributed by atoms with Crippen LogP contribution in [0.2, 0.25) is 0 Å². The zero-order valence-corrected chi connectivity index (χ0v) is 17.7. The molecule has 1 fully saturated rings. The molecular weight excluding hydrogens is 368 g/mol. The van der Waals surface area contributed by atoms with Crippen molar-refractivity contribution in [3.63, 3.8) is 0 Å². The molecule has 0 aromatic heterocycles. The van der Waals surface area contributed by atoms with Gasteiger partial charge in [-0.15, -0.1) is 0 Å². The van der Waals surface area contributed by atoms with Crippen LogP contribution in [0.3, 0.4) is 0 Å². The fourth-order valence-corrected chi connectivity index (χ4v) is 3.04. The zero-order valence-electron chi connectivity index (χ0n) is 17.7. The van der Waals surface area contributed by atoms with Gasteiger partial charge in [0.25, 0.3) is 0 Å². The Morgan fingerprint density at radius 2 is 2.00 bits per heavy atom. The Morgan fingerprint density at radius 1 is 1.28 bits per heavy atom. The van der Waals surface area contributed by atoms with E-state index in [0.717, 1.165) is 25.7 Å². The third-order valence-electron chi connectivity index (χ3n) is 4.76. The molecule has 0 saturated heterocycles.